The molecule has 3 aromatic rings. The van der Waals surface area contributed by atoms with E-state index in [9.17, 15) is 18.0 Å². The molecule has 9 heteroatoms. The largest absolute Gasteiger partial charge is 0.477 e. The zero-order valence-electron chi connectivity index (χ0n) is 21.8. The smallest absolute Gasteiger partial charge is 0.263 e. The van der Waals surface area contributed by atoms with Gasteiger partial charge in [-0.3, -0.25) is 9.59 Å². The first-order valence-corrected chi connectivity index (χ1v) is 14.0. The van der Waals surface area contributed by atoms with Crippen molar-refractivity contribution in [2.24, 2.45) is 0 Å². The first kappa shape index (κ1) is 27.3. The third-order valence-corrected chi connectivity index (χ3v) is 7.75. The van der Waals surface area contributed by atoms with Crippen LogP contribution in [0.3, 0.4) is 0 Å². The van der Waals surface area contributed by atoms with Crippen LogP contribution in [0.4, 0.5) is 5.69 Å². The Morgan fingerprint density at radius 2 is 1.58 bits per heavy atom. The minimum atomic E-state index is -3.63. The maximum absolute atomic E-state index is 13.3. The topological polar surface area (TPSA) is 105 Å². The maximum Gasteiger partial charge on any atom is 0.263 e. The molecule has 4 rings (SSSR count). The van der Waals surface area contributed by atoms with Gasteiger partial charge >= 0.3 is 0 Å². The normalized spacial score (nSPS) is 15.3. The number of rotatable bonds is 8. The highest BCUT2D eigenvalue weighted by atomic mass is 32.2. The molecule has 1 unspecified atom stereocenters. The summed E-state index contributed by atoms with van der Waals surface area (Å²) in [7, 11) is -3.63. The standard InChI is InChI=1S/C29H33N3O5S/c1-29(2,3)31-38(35,36)23-16-13-21(14-17-23)15-18-27(33)32-20-26(37-25-12-8-7-11-24(25)32)28(34)30-19-22-9-5-4-6-10-22/h4-14,16-17,26,31H,15,18-20H2,1-3H3,(H,30,34). The van der Waals surface area contributed by atoms with E-state index in [4.69, 9.17) is 4.74 Å². The van der Waals surface area contributed by atoms with Crippen LogP contribution in [0.2, 0.25) is 0 Å². The van der Waals surface area contributed by atoms with Crippen LogP contribution in [0.15, 0.2) is 83.8 Å². The number of nitrogens with zero attached hydrogens (tertiary/aromatic N) is 1. The lowest BCUT2D eigenvalue weighted by Gasteiger charge is -2.34. The molecule has 8 nitrogen and oxygen atoms in total. The second-order valence-corrected chi connectivity index (χ2v) is 12.0. The summed E-state index contributed by atoms with van der Waals surface area (Å²) >= 11 is 0. The van der Waals surface area contributed by atoms with Crippen molar-refractivity contribution in [1.29, 1.82) is 0 Å². The number of nitrogens with one attached hydrogen (secondary N) is 2. The molecule has 0 bridgehead atoms. The second-order valence-electron chi connectivity index (χ2n) is 10.3. The van der Waals surface area contributed by atoms with Gasteiger partial charge in [0.05, 0.1) is 17.1 Å². The van der Waals surface area contributed by atoms with Crippen molar-refractivity contribution in [2.45, 2.75) is 56.7 Å². The summed E-state index contributed by atoms with van der Waals surface area (Å²) in [5.41, 5.74) is 1.85. The second kappa shape index (κ2) is 11.4. The van der Waals surface area contributed by atoms with Gasteiger partial charge in [0.2, 0.25) is 15.9 Å². The van der Waals surface area contributed by atoms with Crippen LogP contribution in [0.5, 0.6) is 5.75 Å². The van der Waals surface area contributed by atoms with Crippen molar-refractivity contribution in [1.82, 2.24) is 10.0 Å². The van der Waals surface area contributed by atoms with Crippen LogP contribution in [0, 0.1) is 0 Å². The van der Waals surface area contributed by atoms with Crippen molar-refractivity contribution in [3.05, 3.63) is 90.0 Å². The number of anilines is 1. The van der Waals surface area contributed by atoms with Gasteiger partial charge in [-0.25, -0.2) is 13.1 Å². The van der Waals surface area contributed by atoms with Crippen LogP contribution in [-0.4, -0.2) is 38.4 Å². The van der Waals surface area contributed by atoms with Crippen LogP contribution >= 0.6 is 0 Å². The number of fused-ring (bicyclic) bond motifs is 1. The lowest BCUT2D eigenvalue weighted by molar-refractivity contribution is -0.128. The molecular weight excluding hydrogens is 502 g/mol. The molecule has 0 radical (unpaired) electrons. The fourth-order valence-corrected chi connectivity index (χ4v) is 5.61. The molecule has 0 aromatic heterocycles. The van der Waals surface area contributed by atoms with E-state index in [0.717, 1.165) is 11.1 Å². The summed E-state index contributed by atoms with van der Waals surface area (Å²) < 4.78 is 33.7. The van der Waals surface area contributed by atoms with Gasteiger partial charge in [-0.15, -0.1) is 0 Å². The summed E-state index contributed by atoms with van der Waals surface area (Å²) in [6.07, 6.45) is -0.215. The van der Waals surface area contributed by atoms with E-state index in [1.807, 2.05) is 36.4 Å². The highest BCUT2D eigenvalue weighted by Gasteiger charge is 2.33. The molecular formula is C29H33N3O5S. The van der Waals surface area contributed by atoms with Crippen LogP contribution in [-0.2, 0) is 32.6 Å². The van der Waals surface area contributed by atoms with Crippen LogP contribution in [0.1, 0.15) is 38.3 Å². The number of benzene rings is 3. The Bertz CT molecular complexity index is 1380. The number of aryl methyl sites for hydroxylation is 1. The minimum Gasteiger partial charge on any atom is -0.477 e. The predicted octanol–water partition coefficient (Wildman–Crippen LogP) is 3.81. The summed E-state index contributed by atoms with van der Waals surface area (Å²) in [4.78, 5) is 28.0. The minimum absolute atomic E-state index is 0.103. The first-order chi connectivity index (χ1) is 18.0. The molecule has 0 aliphatic carbocycles. The molecule has 2 N–H and O–H groups in total. The molecule has 0 spiro atoms. The fraction of sp³-hybridized carbons (Fsp3) is 0.310. The Balaban J connectivity index is 1.41. The van der Waals surface area contributed by atoms with E-state index in [2.05, 4.69) is 10.0 Å². The average Bonchev–Trinajstić information content (AvgIpc) is 2.89. The third-order valence-electron chi connectivity index (χ3n) is 5.98. The van der Waals surface area contributed by atoms with E-state index < -0.39 is 21.7 Å². The highest BCUT2D eigenvalue weighted by Crippen LogP contribution is 2.33. The van der Waals surface area contributed by atoms with Crippen molar-refractivity contribution in [2.75, 3.05) is 11.4 Å². The molecule has 3 aromatic carbocycles. The fourth-order valence-electron chi connectivity index (χ4n) is 4.19. The SMILES string of the molecule is CC(C)(C)NS(=O)(=O)c1ccc(CCC(=O)N2CC(C(=O)NCc3ccccc3)Oc3ccccc32)cc1. The zero-order chi connectivity index (χ0) is 27.3. The van der Waals surface area contributed by atoms with Gasteiger partial charge < -0.3 is 15.0 Å². The van der Waals surface area contributed by atoms with Crippen molar-refractivity contribution >= 4 is 27.5 Å². The van der Waals surface area contributed by atoms with Gasteiger partial charge in [-0.2, -0.15) is 0 Å². The van der Waals surface area contributed by atoms with Crippen molar-refractivity contribution in [3.8, 4) is 5.75 Å². The Morgan fingerprint density at radius 1 is 0.921 bits per heavy atom. The Morgan fingerprint density at radius 3 is 2.26 bits per heavy atom. The molecule has 1 aliphatic heterocycles. The quantitative estimate of drug-likeness (QED) is 0.457. The summed E-state index contributed by atoms with van der Waals surface area (Å²) in [5, 5.41) is 2.89. The molecule has 0 fully saturated rings. The molecule has 0 saturated carbocycles. The highest BCUT2D eigenvalue weighted by molar-refractivity contribution is 7.89. The van der Waals surface area contributed by atoms with E-state index in [-0.39, 0.29) is 29.7 Å². The molecule has 1 heterocycles. The Labute approximate surface area is 224 Å². The first-order valence-electron chi connectivity index (χ1n) is 12.5. The van der Waals surface area contributed by atoms with E-state index in [1.165, 1.54) is 0 Å². The lowest BCUT2D eigenvalue weighted by Crippen LogP contribution is -2.50. The van der Waals surface area contributed by atoms with Gasteiger partial charge in [0, 0.05) is 18.5 Å². The van der Waals surface area contributed by atoms with Gasteiger partial charge in [-0.05, 0) is 62.6 Å². The average molecular weight is 536 g/mol. The molecule has 0 saturated heterocycles. The maximum atomic E-state index is 13.3. The summed E-state index contributed by atoms with van der Waals surface area (Å²) in [6, 6.07) is 23.3. The van der Waals surface area contributed by atoms with E-state index >= 15 is 0 Å². The van der Waals surface area contributed by atoms with Crippen molar-refractivity contribution in [3.63, 3.8) is 0 Å². The number of ether oxygens (including phenoxy) is 1. The molecule has 2 amide bonds. The van der Waals surface area contributed by atoms with E-state index in [1.54, 1.807) is 68.1 Å². The summed E-state index contributed by atoms with van der Waals surface area (Å²) in [6.45, 7) is 5.82. The number of carbonyl (C=O) groups excluding carboxylic acids is 2. The van der Waals surface area contributed by atoms with Crippen molar-refractivity contribution < 1.29 is 22.7 Å². The van der Waals surface area contributed by atoms with E-state index in [0.29, 0.717) is 24.4 Å². The van der Waals surface area contributed by atoms with Gasteiger partial charge in [-0.1, -0.05) is 54.6 Å². The molecule has 38 heavy (non-hydrogen) atoms. The number of amides is 2. The van der Waals surface area contributed by atoms with Gasteiger partial charge in [0.25, 0.3) is 5.91 Å². The predicted molar refractivity (Wildman–Crippen MR) is 146 cm³/mol. The number of hydrogen-bond acceptors (Lipinski definition) is 5. The summed E-state index contributed by atoms with van der Waals surface area (Å²) in [5.74, 6) is 0.0439. The number of carbonyl (C=O) groups is 2. The van der Waals surface area contributed by atoms with Gasteiger partial charge in [0.1, 0.15) is 5.75 Å². The Hall–Kier alpha value is -3.69. The Kier molecular flexibility index (Phi) is 8.18. The number of para-hydroxylation sites is 2. The van der Waals surface area contributed by atoms with Crippen LogP contribution in [0.25, 0.3) is 0 Å². The third kappa shape index (κ3) is 6.99. The zero-order valence-corrected chi connectivity index (χ0v) is 22.6. The lowest BCUT2D eigenvalue weighted by atomic mass is 10.1. The molecule has 200 valence electrons. The molecule has 1 aliphatic rings. The molecule has 1 atom stereocenters. The van der Waals surface area contributed by atoms with Gasteiger partial charge in [0.15, 0.2) is 6.10 Å². The number of hydrogen-bond donors (Lipinski definition) is 2. The van der Waals surface area contributed by atoms with Crippen LogP contribution < -0.4 is 19.7 Å². The number of sulfonamides is 1. The monoisotopic (exact) mass is 535 g/mol.